The molecule has 0 radical (unpaired) electrons. The molecule has 0 bridgehead atoms. The highest BCUT2D eigenvalue weighted by atomic mass is 32.1. The minimum atomic E-state index is -0.642. The second kappa shape index (κ2) is 8.94. The number of para-hydroxylation sites is 1. The standard InChI is InChI=1S/C25H26N2O3S/c1-26-24(29)25(16-18-9-11-19(12-10-18)22-8-5-15-31-22)13-14-27(17-25)23(28)20-6-3-4-7-21(20)30-2/h3-12,15H,13-14,16-17H2,1-2H3,(H,26,29)/t25-/m0/s1. The normalized spacial score (nSPS) is 18.1. The third-order valence-electron chi connectivity index (χ3n) is 5.99. The van der Waals surface area contributed by atoms with Crippen molar-refractivity contribution >= 4 is 23.2 Å². The van der Waals surface area contributed by atoms with Gasteiger partial charge < -0.3 is 15.0 Å². The average molecular weight is 435 g/mol. The highest BCUT2D eigenvalue weighted by Crippen LogP contribution is 2.37. The Morgan fingerprint density at radius 1 is 1.10 bits per heavy atom. The first-order valence-corrected chi connectivity index (χ1v) is 11.2. The van der Waals surface area contributed by atoms with Gasteiger partial charge in [-0.1, -0.05) is 42.5 Å². The molecule has 6 heteroatoms. The molecule has 1 N–H and O–H groups in total. The Balaban J connectivity index is 1.55. The van der Waals surface area contributed by atoms with Gasteiger partial charge in [-0.05, 0) is 47.5 Å². The van der Waals surface area contributed by atoms with Crippen LogP contribution in [0.15, 0.2) is 66.0 Å². The molecule has 4 rings (SSSR count). The molecule has 2 amide bonds. The van der Waals surface area contributed by atoms with Gasteiger partial charge in [0.15, 0.2) is 0 Å². The SMILES string of the molecule is CNC(=O)[C@]1(Cc2ccc(-c3cccs3)cc2)CCN(C(=O)c2ccccc2OC)C1. The minimum absolute atomic E-state index is 0.0230. The maximum Gasteiger partial charge on any atom is 0.257 e. The molecule has 1 atom stereocenters. The molecular formula is C25H26N2O3S. The van der Waals surface area contributed by atoms with Crippen molar-refractivity contribution < 1.29 is 14.3 Å². The first-order chi connectivity index (χ1) is 15.1. The number of likely N-dealkylation sites (tertiary alicyclic amines) is 1. The Bertz CT molecular complexity index is 1060. The number of benzene rings is 2. The van der Waals surface area contributed by atoms with Crippen molar-refractivity contribution in [1.82, 2.24) is 10.2 Å². The summed E-state index contributed by atoms with van der Waals surface area (Å²) in [4.78, 5) is 29.1. The molecule has 0 unspecified atom stereocenters. The molecule has 31 heavy (non-hydrogen) atoms. The van der Waals surface area contributed by atoms with Crippen LogP contribution in [0.5, 0.6) is 5.75 Å². The number of nitrogens with one attached hydrogen (secondary N) is 1. The lowest BCUT2D eigenvalue weighted by molar-refractivity contribution is -0.129. The van der Waals surface area contributed by atoms with E-state index in [1.54, 1.807) is 42.5 Å². The van der Waals surface area contributed by atoms with Gasteiger partial charge in [-0.2, -0.15) is 0 Å². The van der Waals surface area contributed by atoms with Crippen LogP contribution in [0.1, 0.15) is 22.3 Å². The molecule has 1 aromatic heterocycles. The third kappa shape index (κ3) is 4.21. The second-order valence-electron chi connectivity index (χ2n) is 7.89. The quantitative estimate of drug-likeness (QED) is 0.631. The van der Waals surface area contributed by atoms with Gasteiger partial charge in [-0.3, -0.25) is 9.59 Å². The van der Waals surface area contributed by atoms with E-state index in [9.17, 15) is 9.59 Å². The van der Waals surface area contributed by atoms with E-state index in [2.05, 4.69) is 41.0 Å². The predicted molar refractivity (Wildman–Crippen MR) is 123 cm³/mol. The summed E-state index contributed by atoms with van der Waals surface area (Å²) in [5, 5.41) is 4.89. The molecule has 1 aliphatic heterocycles. The summed E-state index contributed by atoms with van der Waals surface area (Å²) < 4.78 is 5.36. The van der Waals surface area contributed by atoms with Crippen LogP contribution >= 0.6 is 11.3 Å². The van der Waals surface area contributed by atoms with Gasteiger partial charge in [-0.15, -0.1) is 11.3 Å². The number of rotatable bonds is 6. The van der Waals surface area contributed by atoms with E-state index < -0.39 is 5.41 Å². The topological polar surface area (TPSA) is 58.6 Å². The molecule has 1 aliphatic rings. The number of thiophene rings is 1. The highest BCUT2D eigenvalue weighted by molar-refractivity contribution is 7.13. The van der Waals surface area contributed by atoms with Gasteiger partial charge in [0.25, 0.3) is 5.91 Å². The fourth-order valence-corrected chi connectivity index (χ4v) is 5.07. The van der Waals surface area contributed by atoms with E-state index in [-0.39, 0.29) is 11.8 Å². The Morgan fingerprint density at radius 3 is 2.55 bits per heavy atom. The number of ether oxygens (including phenoxy) is 1. The van der Waals surface area contributed by atoms with Gasteiger partial charge in [-0.25, -0.2) is 0 Å². The number of nitrogens with zero attached hydrogens (tertiary/aromatic N) is 1. The summed E-state index contributed by atoms with van der Waals surface area (Å²) in [5.41, 5.74) is 2.15. The first-order valence-electron chi connectivity index (χ1n) is 10.3. The smallest absolute Gasteiger partial charge is 0.257 e. The van der Waals surface area contributed by atoms with Crippen molar-refractivity contribution in [3.63, 3.8) is 0 Å². The first kappa shape index (κ1) is 21.1. The molecule has 160 valence electrons. The number of carbonyl (C=O) groups excluding carboxylic acids is 2. The van der Waals surface area contributed by atoms with Crippen LogP contribution in [0.4, 0.5) is 0 Å². The zero-order valence-electron chi connectivity index (χ0n) is 17.8. The van der Waals surface area contributed by atoms with Crippen LogP contribution in [-0.4, -0.2) is 44.0 Å². The molecule has 2 heterocycles. The maximum atomic E-state index is 13.2. The Kier molecular flexibility index (Phi) is 6.09. The van der Waals surface area contributed by atoms with Crippen LogP contribution in [0.3, 0.4) is 0 Å². The van der Waals surface area contributed by atoms with Crippen LogP contribution in [0, 0.1) is 5.41 Å². The number of methoxy groups -OCH3 is 1. The Labute approximate surface area is 186 Å². The summed E-state index contributed by atoms with van der Waals surface area (Å²) in [5.74, 6) is 0.426. The Hall–Kier alpha value is -3.12. The van der Waals surface area contributed by atoms with E-state index in [1.165, 1.54) is 10.4 Å². The summed E-state index contributed by atoms with van der Waals surface area (Å²) in [6.45, 7) is 0.924. The second-order valence-corrected chi connectivity index (χ2v) is 8.84. The van der Waals surface area contributed by atoms with Gasteiger partial charge in [0.05, 0.1) is 18.1 Å². The van der Waals surface area contributed by atoms with E-state index >= 15 is 0 Å². The highest BCUT2D eigenvalue weighted by Gasteiger charge is 2.45. The summed E-state index contributed by atoms with van der Waals surface area (Å²) >= 11 is 1.71. The van der Waals surface area contributed by atoms with E-state index in [1.807, 2.05) is 18.2 Å². The van der Waals surface area contributed by atoms with Gasteiger partial charge >= 0.3 is 0 Å². The molecule has 1 saturated heterocycles. The molecular weight excluding hydrogens is 408 g/mol. The zero-order chi connectivity index (χ0) is 21.8. The molecule has 0 aliphatic carbocycles. The average Bonchev–Trinajstić information content (AvgIpc) is 3.50. The zero-order valence-corrected chi connectivity index (χ0v) is 18.6. The molecule has 0 spiro atoms. The third-order valence-corrected chi connectivity index (χ3v) is 6.91. The van der Waals surface area contributed by atoms with E-state index in [0.29, 0.717) is 37.2 Å². The summed E-state index contributed by atoms with van der Waals surface area (Å²) in [7, 11) is 3.22. The fraction of sp³-hybridized carbons (Fsp3) is 0.280. The van der Waals surface area contributed by atoms with Crippen molar-refractivity contribution in [1.29, 1.82) is 0 Å². The van der Waals surface area contributed by atoms with Crippen LogP contribution in [0.25, 0.3) is 10.4 Å². The molecule has 3 aromatic rings. The summed E-state index contributed by atoms with van der Waals surface area (Å²) in [6.07, 6.45) is 1.22. The summed E-state index contributed by atoms with van der Waals surface area (Å²) in [6, 6.07) is 19.7. The molecule has 1 fully saturated rings. The molecule has 0 saturated carbocycles. The maximum absolute atomic E-state index is 13.2. The number of hydrogen-bond donors (Lipinski definition) is 1. The molecule has 2 aromatic carbocycles. The largest absolute Gasteiger partial charge is 0.496 e. The number of hydrogen-bond acceptors (Lipinski definition) is 4. The fourth-order valence-electron chi connectivity index (χ4n) is 4.33. The van der Waals surface area contributed by atoms with Crippen molar-refractivity contribution in [2.24, 2.45) is 5.41 Å². The van der Waals surface area contributed by atoms with Gasteiger partial charge in [0.2, 0.25) is 5.91 Å². The van der Waals surface area contributed by atoms with Crippen LogP contribution < -0.4 is 10.1 Å². The van der Waals surface area contributed by atoms with Crippen molar-refractivity contribution in [2.75, 3.05) is 27.2 Å². The van der Waals surface area contributed by atoms with Gasteiger partial charge in [0.1, 0.15) is 5.75 Å². The minimum Gasteiger partial charge on any atom is -0.496 e. The lowest BCUT2D eigenvalue weighted by atomic mass is 9.79. The van der Waals surface area contributed by atoms with Crippen LogP contribution in [-0.2, 0) is 11.2 Å². The van der Waals surface area contributed by atoms with Crippen molar-refractivity contribution in [2.45, 2.75) is 12.8 Å². The predicted octanol–water partition coefficient (Wildman–Crippen LogP) is 4.24. The van der Waals surface area contributed by atoms with Crippen molar-refractivity contribution in [3.8, 4) is 16.2 Å². The Morgan fingerprint density at radius 2 is 1.87 bits per heavy atom. The van der Waals surface area contributed by atoms with E-state index in [0.717, 1.165) is 5.56 Å². The lowest BCUT2D eigenvalue weighted by Crippen LogP contribution is -2.44. The van der Waals surface area contributed by atoms with Gasteiger partial charge in [0, 0.05) is 25.0 Å². The van der Waals surface area contributed by atoms with Crippen molar-refractivity contribution in [3.05, 3.63) is 77.2 Å². The molecule has 5 nitrogen and oxygen atoms in total. The number of amides is 2. The van der Waals surface area contributed by atoms with E-state index in [4.69, 9.17) is 4.74 Å². The lowest BCUT2D eigenvalue weighted by Gasteiger charge is -2.28. The van der Waals surface area contributed by atoms with Crippen LogP contribution in [0.2, 0.25) is 0 Å². The number of carbonyl (C=O) groups is 2. The monoisotopic (exact) mass is 434 g/mol.